The summed E-state index contributed by atoms with van der Waals surface area (Å²) in [4.78, 5) is 15.8. The number of hydrogen-bond acceptors (Lipinski definition) is 5. The largest absolute Gasteiger partial charge is 0.493 e. The van der Waals surface area contributed by atoms with Crippen molar-refractivity contribution in [3.05, 3.63) is 53.7 Å². The van der Waals surface area contributed by atoms with Crippen molar-refractivity contribution in [3.8, 4) is 23.3 Å². The summed E-state index contributed by atoms with van der Waals surface area (Å²) in [6.45, 7) is 0. The minimum Gasteiger partial charge on any atom is -0.493 e. The summed E-state index contributed by atoms with van der Waals surface area (Å²) in [5, 5.41) is 13.1. The summed E-state index contributed by atoms with van der Waals surface area (Å²) in [6, 6.07) is 12.8. The number of nitriles is 1. The molecule has 0 spiro atoms. The molecule has 0 fully saturated rings. The lowest BCUT2D eigenvalue weighted by Crippen LogP contribution is -2.13. The van der Waals surface area contributed by atoms with Crippen LogP contribution >= 0.6 is 0 Å². The number of ether oxygens (including phenoxy) is 3. The fourth-order valence-electron chi connectivity index (χ4n) is 2.87. The third-order valence-electron chi connectivity index (χ3n) is 4.21. The number of anilines is 1. The van der Waals surface area contributed by atoms with Crippen LogP contribution in [0.3, 0.4) is 0 Å². The molecule has 0 saturated carbocycles. The predicted molar refractivity (Wildman–Crippen MR) is 107 cm³/mol. The SMILES string of the molecule is COc1cc(NC(=O)/C(C#N)=C/c2c[nH]c3ccccc23)cc(OC)c1OC. The van der Waals surface area contributed by atoms with Crippen molar-refractivity contribution in [1.82, 2.24) is 4.98 Å². The molecule has 2 aromatic carbocycles. The number of fused-ring (bicyclic) bond motifs is 1. The Morgan fingerprint density at radius 2 is 1.79 bits per heavy atom. The summed E-state index contributed by atoms with van der Waals surface area (Å²) in [7, 11) is 4.47. The van der Waals surface area contributed by atoms with Gasteiger partial charge in [-0.3, -0.25) is 4.79 Å². The third kappa shape index (κ3) is 3.62. The average Bonchev–Trinajstić information content (AvgIpc) is 3.13. The minimum absolute atomic E-state index is 0.0292. The highest BCUT2D eigenvalue weighted by Crippen LogP contribution is 2.40. The molecule has 2 N–H and O–H groups in total. The number of carbonyl (C=O) groups is 1. The molecule has 0 bridgehead atoms. The number of aromatic amines is 1. The molecule has 1 amide bonds. The third-order valence-corrected chi connectivity index (χ3v) is 4.21. The van der Waals surface area contributed by atoms with Crippen LogP contribution in [-0.2, 0) is 4.79 Å². The summed E-state index contributed by atoms with van der Waals surface area (Å²) in [6.07, 6.45) is 3.31. The van der Waals surface area contributed by atoms with E-state index in [9.17, 15) is 10.1 Å². The van der Waals surface area contributed by atoms with E-state index in [0.717, 1.165) is 16.5 Å². The summed E-state index contributed by atoms with van der Waals surface area (Å²) >= 11 is 0. The molecule has 0 aliphatic carbocycles. The van der Waals surface area contributed by atoms with E-state index < -0.39 is 5.91 Å². The number of nitrogens with zero attached hydrogens (tertiary/aromatic N) is 1. The molecule has 3 aromatic rings. The Labute approximate surface area is 162 Å². The maximum atomic E-state index is 12.6. The quantitative estimate of drug-likeness (QED) is 0.504. The minimum atomic E-state index is -0.540. The maximum absolute atomic E-state index is 12.6. The topological polar surface area (TPSA) is 96.4 Å². The van der Waals surface area contributed by atoms with Crippen molar-refractivity contribution in [2.45, 2.75) is 0 Å². The lowest BCUT2D eigenvalue weighted by atomic mass is 10.1. The smallest absolute Gasteiger partial charge is 0.266 e. The first-order chi connectivity index (χ1) is 13.6. The van der Waals surface area contributed by atoms with Crippen molar-refractivity contribution in [2.75, 3.05) is 26.6 Å². The van der Waals surface area contributed by atoms with Crippen molar-refractivity contribution in [1.29, 1.82) is 5.26 Å². The molecular weight excluding hydrogens is 358 g/mol. The molecule has 0 aliphatic heterocycles. The second-order valence-corrected chi connectivity index (χ2v) is 5.83. The molecule has 0 aliphatic rings. The van der Waals surface area contributed by atoms with E-state index in [2.05, 4.69) is 10.3 Å². The second-order valence-electron chi connectivity index (χ2n) is 5.83. The van der Waals surface area contributed by atoms with E-state index in [4.69, 9.17) is 14.2 Å². The average molecular weight is 377 g/mol. The van der Waals surface area contributed by atoms with Gasteiger partial charge in [0, 0.05) is 40.5 Å². The van der Waals surface area contributed by atoms with Crippen molar-refractivity contribution in [2.24, 2.45) is 0 Å². The van der Waals surface area contributed by atoms with Crippen molar-refractivity contribution >= 4 is 28.6 Å². The highest BCUT2D eigenvalue weighted by Gasteiger charge is 2.16. The Balaban J connectivity index is 1.92. The van der Waals surface area contributed by atoms with Crippen LogP contribution in [0.25, 0.3) is 17.0 Å². The molecule has 7 nitrogen and oxygen atoms in total. The molecule has 7 heteroatoms. The van der Waals surface area contributed by atoms with Crippen molar-refractivity contribution in [3.63, 3.8) is 0 Å². The van der Waals surface area contributed by atoms with E-state index >= 15 is 0 Å². The molecule has 0 saturated heterocycles. The Morgan fingerprint density at radius 3 is 2.39 bits per heavy atom. The number of methoxy groups -OCH3 is 3. The van der Waals surface area contributed by atoms with Gasteiger partial charge in [-0.25, -0.2) is 0 Å². The van der Waals surface area contributed by atoms with Gasteiger partial charge in [0.25, 0.3) is 5.91 Å². The second kappa shape index (κ2) is 8.18. The summed E-state index contributed by atoms with van der Waals surface area (Å²) in [5.41, 5.74) is 2.07. The van der Waals surface area contributed by atoms with Crippen molar-refractivity contribution < 1.29 is 19.0 Å². The molecule has 0 atom stereocenters. The number of rotatable bonds is 6. The maximum Gasteiger partial charge on any atom is 0.266 e. The van der Waals surface area contributed by atoms with Crippen LogP contribution in [0.4, 0.5) is 5.69 Å². The molecule has 1 aromatic heterocycles. The van der Waals surface area contributed by atoms with Gasteiger partial charge in [0.15, 0.2) is 11.5 Å². The first kappa shape index (κ1) is 18.9. The van der Waals surface area contributed by atoms with E-state index in [1.165, 1.54) is 21.3 Å². The number of amides is 1. The van der Waals surface area contributed by atoms with Gasteiger partial charge >= 0.3 is 0 Å². The van der Waals surface area contributed by atoms with Crippen LogP contribution in [0.5, 0.6) is 17.2 Å². The highest BCUT2D eigenvalue weighted by molar-refractivity contribution is 6.11. The molecule has 1 heterocycles. The van der Waals surface area contributed by atoms with Gasteiger partial charge in [-0.1, -0.05) is 18.2 Å². The van der Waals surface area contributed by atoms with Crippen LogP contribution in [0.1, 0.15) is 5.56 Å². The zero-order valence-electron chi connectivity index (χ0n) is 15.7. The number of carbonyl (C=O) groups excluding carboxylic acids is 1. The van der Waals surface area contributed by atoms with Gasteiger partial charge < -0.3 is 24.5 Å². The molecule has 0 radical (unpaired) electrons. The van der Waals surface area contributed by atoms with Gasteiger partial charge in [-0.15, -0.1) is 0 Å². The van der Waals surface area contributed by atoms with Gasteiger partial charge in [-0.05, 0) is 12.1 Å². The number of para-hydroxylation sites is 1. The van der Waals surface area contributed by atoms with E-state index in [1.54, 1.807) is 24.4 Å². The lowest BCUT2D eigenvalue weighted by Gasteiger charge is -2.14. The van der Waals surface area contributed by atoms with Gasteiger partial charge in [0.05, 0.1) is 21.3 Å². The van der Waals surface area contributed by atoms with Gasteiger partial charge in [0.2, 0.25) is 5.75 Å². The predicted octanol–water partition coefficient (Wildman–Crippen LogP) is 3.74. The summed E-state index contributed by atoms with van der Waals surface area (Å²) < 4.78 is 15.8. The zero-order chi connectivity index (χ0) is 20.1. The molecule has 3 rings (SSSR count). The number of benzene rings is 2. The highest BCUT2D eigenvalue weighted by atomic mass is 16.5. The Kier molecular flexibility index (Phi) is 5.51. The number of nitrogens with one attached hydrogen (secondary N) is 2. The molecule has 28 heavy (non-hydrogen) atoms. The molecular formula is C21H19N3O4. The van der Waals surface area contributed by atoms with E-state index in [-0.39, 0.29) is 5.57 Å². The number of hydrogen-bond donors (Lipinski definition) is 2. The Bertz CT molecular complexity index is 1070. The fourth-order valence-corrected chi connectivity index (χ4v) is 2.87. The van der Waals surface area contributed by atoms with Crippen LogP contribution in [0, 0.1) is 11.3 Å². The summed E-state index contributed by atoms with van der Waals surface area (Å²) in [5.74, 6) is 0.674. The normalized spacial score (nSPS) is 11.0. The van der Waals surface area contributed by atoms with E-state index in [1.807, 2.05) is 30.3 Å². The van der Waals surface area contributed by atoms with Crippen LogP contribution in [0.15, 0.2) is 48.2 Å². The first-order valence-corrected chi connectivity index (χ1v) is 8.40. The Hall–Kier alpha value is -3.92. The zero-order valence-corrected chi connectivity index (χ0v) is 15.7. The standard InChI is InChI=1S/C21H19N3O4/c1-26-18-9-15(10-19(27-2)20(18)28-3)24-21(25)13(11-22)8-14-12-23-17-7-5-4-6-16(14)17/h4-10,12,23H,1-3H3,(H,24,25)/b13-8+. The van der Waals surface area contributed by atoms with Crippen LogP contribution in [-0.4, -0.2) is 32.2 Å². The van der Waals surface area contributed by atoms with Crippen LogP contribution < -0.4 is 19.5 Å². The fraction of sp³-hybridized carbons (Fsp3) is 0.143. The lowest BCUT2D eigenvalue weighted by molar-refractivity contribution is -0.112. The number of H-pyrrole nitrogens is 1. The van der Waals surface area contributed by atoms with Crippen LogP contribution in [0.2, 0.25) is 0 Å². The number of aromatic nitrogens is 1. The molecule has 142 valence electrons. The monoisotopic (exact) mass is 377 g/mol. The Morgan fingerprint density at radius 1 is 1.11 bits per heavy atom. The van der Waals surface area contributed by atoms with E-state index in [0.29, 0.717) is 22.9 Å². The van der Waals surface area contributed by atoms with Gasteiger partial charge in [0.1, 0.15) is 11.6 Å². The van der Waals surface area contributed by atoms with Gasteiger partial charge in [-0.2, -0.15) is 5.26 Å². The molecule has 0 unspecified atom stereocenters. The first-order valence-electron chi connectivity index (χ1n) is 8.40.